The SMILES string of the molecule is CC(C)COS(=O)(=O)O.COC(=O)[C@H](c1ccccc1Cl)N1CCc2sccc2C1. The molecule has 0 radical (unpaired) electrons. The van der Waals surface area contributed by atoms with Crippen molar-refractivity contribution in [2.45, 2.75) is 32.9 Å². The van der Waals surface area contributed by atoms with Gasteiger partial charge in [0.25, 0.3) is 0 Å². The number of rotatable bonds is 6. The first-order valence-electron chi connectivity index (χ1n) is 9.35. The first kappa shape index (κ1) is 24.8. The zero-order valence-electron chi connectivity index (χ0n) is 17.1. The average Bonchev–Trinajstić information content (AvgIpc) is 3.16. The van der Waals surface area contributed by atoms with Crippen molar-refractivity contribution in [1.29, 1.82) is 0 Å². The van der Waals surface area contributed by atoms with Crippen LogP contribution in [-0.2, 0) is 37.1 Å². The lowest BCUT2D eigenvalue weighted by Gasteiger charge is -2.33. The van der Waals surface area contributed by atoms with Crippen molar-refractivity contribution in [3.05, 3.63) is 56.7 Å². The number of nitrogens with zero attached hydrogens (tertiary/aromatic N) is 1. The van der Waals surface area contributed by atoms with E-state index in [9.17, 15) is 13.2 Å². The van der Waals surface area contributed by atoms with E-state index in [0.29, 0.717) is 5.02 Å². The molecule has 1 aromatic heterocycles. The third kappa shape index (κ3) is 7.33. The van der Waals surface area contributed by atoms with Gasteiger partial charge in [0.15, 0.2) is 0 Å². The first-order chi connectivity index (χ1) is 14.1. The van der Waals surface area contributed by atoms with Crippen LogP contribution in [0.1, 0.15) is 35.9 Å². The fraction of sp³-hybridized carbons (Fsp3) is 0.450. The highest BCUT2D eigenvalue weighted by Gasteiger charge is 2.32. The summed E-state index contributed by atoms with van der Waals surface area (Å²) >= 11 is 8.07. The second-order valence-electron chi connectivity index (χ2n) is 7.14. The lowest BCUT2D eigenvalue weighted by molar-refractivity contribution is -0.147. The third-order valence-corrected chi connectivity index (χ3v) is 6.18. The van der Waals surface area contributed by atoms with E-state index in [4.69, 9.17) is 20.9 Å². The number of halogens is 1. The zero-order valence-corrected chi connectivity index (χ0v) is 19.5. The number of ether oxygens (including phenoxy) is 1. The van der Waals surface area contributed by atoms with E-state index in [1.54, 1.807) is 25.2 Å². The zero-order chi connectivity index (χ0) is 22.3. The maximum Gasteiger partial charge on any atom is 0.397 e. The molecule has 2 aromatic rings. The molecule has 2 heterocycles. The molecule has 10 heteroatoms. The van der Waals surface area contributed by atoms with Crippen LogP contribution in [0.4, 0.5) is 0 Å². The Morgan fingerprint density at radius 1 is 1.30 bits per heavy atom. The molecule has 0 unspecified atom stereocenters. The van der Waals surface area contributed by atoms with Crippen molar-refractivity contribution in [2.24, 2.45) is 5.92 Å². The van der Waals surface area contributed by atoms with Crippen LogP contribution in [0.5, 0.6) is 0 Å². The number of carbonyl (C=O) groups excluding carboxylic acids is 1. The van der Waals surface area contributed by atoms with Gasteiger partial charge in [-0.3, -0.25) is 9.45 Å². The molecule has 0 aliphatic carbocycles. The van der Waals surface area contributed by atoms with Gasteiger partial charge in [-0.1, -0.05) is 43.6 Å². The predicted molar refractivity (Wildman–Crippen MR) is 117 cm³/mol. The van der Waals surface area contributed by atoms with Crippen molar-refractivity contribution in [3.63, 3.8) is 0 Å². The van der Waals surface area contributed by atoms with Crippen molar-refractivity contribution >= 4 is 39.3 Å². The monoisotopic (exact) mass is 475 g/mol. The van der Waals surface area contributed by atoms with Gasteiger partial charge in [0, 0.05) is 23.0 Å². The van der Waals surface area contributed by atoms with Crippen LogP contribution in [0.2, 0.25) is 5.02 Å². The quantitative estimate of drug-likeness (QED) is 0.495. The van der Waals surface area contributed by atoms with Gasteiger partial charge in [-0.2, -0.15) is 8.42 Å². The maximum atomic E-state index is 12.3. The van der Waals surface area contributed by atoms with Crippen LogP contribution in [0.3, 0.4) is 0 Å². The second-order valence-corrected chi connectivity index (χ2v) is 9.64. The summed E-state index contributed by atoms with van der Waals surface area (Å²) in [6, 6.07) is 9.16. The molecule has 0 saturated heterocycles. The number of fused-ring (bicyclic) bond motifs is 1. The van der Waals surface area contributed by atoms with Gasteiger partial charge < -0.3 is 4.74 Å². The predicted octanol–water partition coefficient (Wildman–Crippen LogP) is 4.14. The van der Waals surface area contributed by atoms with E-state index >= 15 is 0 Å². The fourth-order valence-electron chi connectivity index (χ4n) is 2.99. The summed E-state index contributed by atoms with van der Waals surface area (Å²) in [6.07, 6.45) is 0.963. The topological polar surface area (TPSA) is 93.1 Å². The van der Waals surface area contributed by atoms with E-state index in [1.807, 2.05) is 24.3 Å². The summed E-state index contributed by atoms with van der Waals surface area (Å²) in [4.78, 5) is 15.8. The number of carbonyl (C=O) groups is 1. The Kier molecular flexibility index (Phi) is 9.27. The molecule has 1 aliphatic heterocycles. The molecule has 1 aliphatic rings. The molecule has 1 atom stereocenters. The van der Waals surface area contributed by atoms with Gasteiger partial charge in [-0.25, -0.2) is 8.98 Å². The molecule has 1 N–H and O–H groups in total. The smallest absolute Gasteiger partial charge is 0.397 e. The van der Waals surface area contributed by atoms with Gasteiger partial charge >= 0.3 is 16.4 Å². The molecule has 0 fully saturated rings. The summed E-state index contributed by atoms with van der Waals surface area (Å²) in [5.74, 6) is -0.159. The van der Waals surface area contributed by atoms with Crippen LogP contribution in [0, 0.1) is 5.92 Å². The molecule has 166 valence electrons. The summed E-state index contributed by atoms with van der Waals surface area (Å²) in [5, 5.41) is 2.71. The Labute approximate surface area is 186 Å². The third-order valence-electron chi connectivity index (χ3n) is 4.38. The van der Waals surface area contributed by atoms with Gasteiger partial charge in [-0.05, 0) is 41.0 Å². The molecule has 30 heavy (non-hydrogen) atoms. The first-order valence-corrected chi connectivity index (χ1v) is 12.0. The van der Waals surface area contributed by atoms with Crippen molar-refractivity contribution in [2.75, 3.05) is 20.3 Å². The maximum absolute atomic E-state index is 12.3. The minimum atomic E-state index is -4.22. The van der Waals surface area contributed by atoms with Crippen LogP contribution in [0.15, 0.2) is 35.7 Å². The average molecular weight is 476 g/mol. The number of thiophene rings is 1. The number of methoxy groups -OCH3 is 1. The molecule has 0 saturated carbocycles. The molecule has 0 bridgehead atoms. The van der Waals surface area contributed by atoms with E-state index in [0.717, 1.165) is 25.1 Å². The summed E-state index contributed by atoms with van der Waals surface area (Å²) in [5.41, 5.74) is 2.11. The highest BCUT2D eigenvalue weighted by Crippen LogP contribution is 2.33. The summed E-state index contributed by atoms with van der Waals surface area (Å²) in [7, 11) is -2.80. The molecular weight excluding hydrogens is 450 g/mol. The molecule has 3 rings (SSSR count). The van der Waals surface area contributed by atoms with Crippen molar-refractivity contribution in [1.82, 2.24) is 4.90 Å². The fourth-order valence-corrected chi connectivity index (χ4v) is 4.57. The van der Waals surface area contributed by atoms with Crippen molar-refractivity contribution in [3.8, 4) is 0 Å². The standard InChI is InChI=1S/C16H16ClNO2S.C4H10O4S/c1-20-16(19)15(12-4-2-3-5-13(12)17)18-8-6-14-11(10-18)7-9-21-14;1-4(2)3-8-9(5,6)7/h2-5,7,9,15H,6,8,10H2,1H3;4H,3H2,1-2H3,(H,5,6,7)/t15-;/m0./s1. The van der Waals surface area contributed by atoms with E-state index in [2.05, 4.69) is 20.5 Å². The highest BCUT2D eigenvalue weighted by atomic mass is 35.5. The van der Waals surface area contributed by atoms with Crippen LogP contribution < -0.4 is 0 Å². The highest BCUT2D eigenvalue weighted by molar-refractivity contribution is 7.80. The molecule has 7 nitrogen and oxygen atoms in total. The molecule has 0 spiro atoms. The largest absolute Gasteiger partial charge is 0.468 e. The van der Waals surface area contributed by atoms with Crippen LogP contribution in [-0.4, -0.2) is 44.1 Å². The lowest BCUT2D eigenvalue weighted by atomic mass is 10.0. The molecular formula is C20H26ClNO6S2. The Hall–Kier alpha value is -1.49. The molecule has 0 amide bonds. The van der Waals surface area contributed by atoms with Crippen LogP contribution >= 0.6 is 22.9 Å². The van der Waals surface area contributed by atoms with E-state index < -0.39 is 16.4 Å². The number of hydrogen-bond donors (Lipinski definition) is 1. The number of hydrogen-bond acceptors (Lipinski definition) is 7. The minimum Gasteiger partial charge on any atom is -0.468 e. The van der Waals surface area contributed by atoms with Crippen molar-refractivity contribution < 1.29 is 26.7 Å². The van der Waals surface area contributed by atoms with E-state index in [1.165, 1.54) is 17.6 Å². The van der Waals surface area contributed by atoms with Crippen LogP contribution in [0.25, 0.3) is 0 Å². The van der Waals surface area contributed by atoms with Gasteiger partial charge in [0.1, 0.15) is 6.04 Å². The normalized spacial score (nSPS) is 15.1. The Morgan fingerprint density at radius 3 is 2.57 bits per heavy atom. The number of benzene rings is 1. The Balaban J connectivity index is 0.000000303. The summed E-state index contributed by atoms with van der Waals surface area (Å²) in [6.45, 7) is 5.18. The summed E-state index contributed by atoms with van der Waals surface area (Å²) < 4.78 is 36.8. The van der Waals surface area contributed by atoms with E-state index in [-0.39, 0.29) is 18.5 Å². The van der Waals surface area contributed by atoms with Gasteiger partial charge in [0.05, 0.1) is 13.7 Å². The van der Waals surface area contributed by atoms with Gasteiger partial charge in [0.2, 0.25) is 0 Å². The minimum absolute atomic E-state index is 0.0266. The number of esters is 1. The lowest BCUT2D eigenvalue weighted by Crippen LogP contribution is -2.38. The molecule has 1 aromatic carbocycles. The Bertz CT molecular complexity index is 944. The Morgan fingerprint density at radius 2 is 2.00 bits per heavy atom. The second kappa shape index (κ2) is 11.2. The van der Waals surface area contributed by atoms with Gasteiger partial charge in [-0.15, -0.1) is 11.3 Å².